The number of imidazole rings is 1. The maximum absolute atomic E-state index is 10.9. The van der Waals surface area contributed by atoms with Gasteiger partial charge in [0.15, 0.2) is 0 Å². The predicted molar refractivity (Wildman–Crippen MR) is 68.6 cm³/mol. The first-order valence-corrected chi connectivity index (χ1v) is 6.30. The van der Waals surface area contributed by atoms with Crippen molar-refractivity contribution in [2.24, 2.45) is 13.0 Å². The third kappa shape index (κ3) is 1.60. The molecule has 1 N–H and O–H groups in total. The molecule has 4 heteroatoms. The molecule has 4 nitrogen and oxygen atoms in total. The van der Waals surface area contributed by atoms with Crippen molar-refractivity contribution in [1.82, 2.24) is 9.55 Å². The van der Waals surface area contributed by atoms with Crippen molar-refractivity contribution in [1.29, 1.82) is 0 Å². The van der Waals surface area contributed by atoms with Gasteiger partial charge in [0, 0.05) is 13.5 Å². The van der Waals surface area contributed by atoms with E-state index in [2.05, 4.69) is 16.5 Å². The van der Waals surface area contributed by atoms with E-state index < -0.39 is 5.97 Å². The van der Waals surface area contributed by atoms with Gasteiger partial charge in [-0.3, -0.25) is 4.79 Å². The van der Waals surface area contributed by atoms with E-state index in [1.165, 1.54) is 0 Å². The molecule has 1 aliphatic rings. The number of hydrogen-bond acceptors (Lipinski definition) is 2. The van der Waals surface area contributed by atoms with E-state index in [1.54, 1.807) is 0 Å². The Morgan fingerprint density at radius 1 is 1.56 bits per heavy atom. The highest BCUT2D eigenvalue weighted by Crippen LogP contribution is 2.47. The van der Waals surface area contributed by atoms with Crippen LogP contribution in [0.25, 0.3) is 11.0 Å². The van der Waals surface area contributed by atoms with E-state index in [-0.39, 0.29) is 11.8 Å². The summed E-state index contributed by atoms with van der Waals surface area (Å²) >= 11 is 0. The zero-order chi connectivity index (χ0) is 12.9. The molecule has 0 bridgehead atoms. The topological polar surface area (TPSA) is 55.1 Å². The quantitative estimate of drug-likeness (QED) is 0.901. The number of aryl methyl sites for hydroxylation is 2. The lowest BCUT2D eigenvalue weighted by molar-refractivity contribution is -0.138. The Labute approximate surface area is 105 Å². The number of aliphatic carboxylic acids is 1. The maximum atomic E-state index is 10.9. The summed E-state index contributed by atoms with van der Waals surface area (Å²) in [6.07, 6.45) is 1.66. The van der Waals surface area contributed by atoms with Gasteiger partial charge < -0.3 is 9.67 Å². The highest BCUT2D eigenvalue weighted by atomic mass is 16.4. The number of rotatable bonds is 3. The fraction of sp³-hybridized carbons (Fsp3) is 0.429. The van der Waals surface area contributed by atoms with Crippen molar-refractivity contribution in [3.8, 4) is 0 Å². The van der Waals surface area contributed by atoms with Crippen molar-refractivity contribution in [3.63, 3.8) is 0 Å². The predicted octanol–water partition coefficient (Wildman–Crippen LogP) is 2.32. The highest BCUT2D eigenvalue weighted by Gasteiger charge is 2.44. The van der Waals surface area contributed by atoms with Crippen LogP contribution in [-0.2, 0) is 18.3 Å². The van der Waals surface area contributed by atoms with Crippen LogP contribution in [0.3, 0.4) is 0 Å². The SMILES string of the molecule is CCc1nc2cc(C3CC3C(=O)O)ccc2n1C. The third-order valence-electron chi connectivity index (χ3n) is 3.85. The minimum Gasteiger partial charge on any atom is -0.481 e. The van der Waals surface area contributed by atoms with Gasteiger partial charge in [-0.15, -0.1) is 0 Å². The smallest absolute Gasteiger partial charge is 0.307 e. The molecule has 18 heavy (non-hydrogen) atoms. The molecule has 0 saturated heterocycles. The first-order valence-electron chi connectivity index (χ1n) is 6.30. The Balaban J connectivity index is 2.00. The number of hydrogen-bond donors (Lipinski definition) is 1. The van der Waals surface area contributed by atoms with Gasteiger partial charge in [-0.2, -0.15) is 0 Å². The van der Waals surface area contributed by atoms with E-state index in [4.69, 9.17) is 5.11 Å². The molecule has 2 aromatic rings. The zero-order valence-corrected chi connectivity index (χ0v) is 10.6. The number of fused-ring (bicyclic) bond motifs is 1. The summed E-state index contributed by atoms with van der Waals surface area (Å²) in [6, 6.07) is 6.13. The van der Waals surface area contributed by atoms with Gasteiger partial charge in [-0.1, -0.05) is 13.0 Å². The van der Waals surface area contributed by atoms with Crippen molar-refractivity contribution < 1.29 is 9.90 Å². The van der Waals surface area contributed by atoms with Crippen LogP contribution in [0.4, 0.5) is 0 Å². The van der Waals surface area contributed by atoms with Crippen LogP contribution in [0.2, 0.25) is 0 Å². The van der Waals surface area contributed by atoms with Gasteiger partial charge >= 0.3 is 5.97 Å². The standard InChI is InChI=1S/C14H16N2O2/c1-3-13-15-11-6-8(4-5-12(11)16(13)2)9-7-10(9)14(17)18/h4-6,9-10H,3,7H2,1-2H3,(H,17,18). The van der Waals surface area contributed by atoms with Crippen molar-refractivity contribution >= 4 is 17.0 Å². The molecular formula is C14H16N2O2. The minimum atomic E-state index is -0.685. The van der Waals surface area contributed by atoms with Crippen molar-refractivity contribution in [2.45, 2.75) is 25.7 Å². The molecule has 94 valence electrons. The Morgan fingerprint density at radius 3 is 2.94 bits per heavy atom. The molecule has 2 atom stereocenters. The lowest BCUT2D eigenvalue weighted by atomic mass is 10.1. The molecule has 0 spiro atoms. The highest BCUT2D eigenvalue weighted by molar-refractivity contribution is 5.79. The number of aromatic nitrogens is 2. The second kappa shape index (κ2) is 3.83. The van der Waals surface area contributed by atoms with Crippen LogP contribution in [0.1, 0.15) is 30.7 Å². The monoisotopic (exact) mass is 244 g/mol. The summed E-state index contributed by atoms with van der Waals surface area (Å²) < 4.78 is 2.10. The fourth-order valence-electron chi connectivity index (χ4n) is 2.65. The second-order valence-corrected chi connectivity index (χ2v) is 4.98. The van der Waals surface area contributed by atoms with Crippen LogP contribution < -0.4 is 0 Å². The summed E-state index contributed by atoms with van der Waals surface area (Å²) in [5.41, 5.74) is 3.20. The number of carbonyl (C=O) groups is 1. The summed E-state index contributed by atoms with van der Waals surface area (Å²) in [5.74, 6) is 0.360. The molecule has 1 saturated carbocycles. The Hall–Kier alpha value is -1.84. The van der Waals surface area contributed by atoms with Gasteiger partial charge in [-0.05, 0) is 30.0 Å². The van der Waals surface area contributed by atoms with Crippen molar-refractivity contribution in [2.75, 3.05) is 0 Å². The molecule has 1 aliphatic carbocycles. The number of carboxylic acid groups (broad SMARTS) is 1. The van der Waals surface area contributed by atoms with Crippen molar-refractivity contribution in [3.05, 3.63) is 29.6 Å². The average Bonchev–Trinajstić information content (AvgIpc) is 3.10. The van der Waals surface area contributed by atoms with Crippen LogP contribution in [0.5, 0.6) is 0 Å². The minimum absolute atomic E-state index is 0.180. The van der Waals surface area contributed by atoms with E-state index in [9.17, 15) is 4.79 Å². The largest absolute Gasteiger partial charge is 0.481 e. The molecular weight excluding hydrogens is 228 g/mol. The average molecular weight is 244 g/mol. The first kappa shape index (κ1) is 11.3. The molecule has 1 heterocycles. The summed E-state index contributed by atoms with van der Waals surface area (Å²) in [7, 11) is 2.02. The van der Waals surface area contributed by atoms with E-state index in [0.717, 1.165) is 35.3 Å². The van der Waals surface area contributed by atoms with Crippen LogP contribution in [-0.4, -0.2) is 20.6 Å². The Kier molecular flexibility index (Phi) is 2.40. The molecule has 1 aromatic carbocycles. The number of carboxylic acids is 1. The van der Waals surface area contributed by atoms with Gasteiger partial charge in [0.25, 0.3) is 0 Å². The summed E-state index contributed by atoms with van der Waals surface area (Å²) in [4.78, 5) is 15.5. The Bertz CT molecular complexity index is 630. The lowest BCUT2D eigenvalue weighted by Gasteiger charge is -2.00. The molecule has 0 amide bonds. The number of nitrogens with zero attached hydrogens (tertiary/aromatic N) is 2. The Morgan fingerprint density at radius 2 is 2.33 bits per heavy atom. The number of benzene rings is 1. The van der Waals surface area contributed by atoms with E-state index in [1.807, 2.05) is 25.2 Å². The van der Waals surface area contributed by atoms with E-state index >= 15 is 0 Å². The second-order valence-electron chi connectivity index (χ2n) is 4.98. The summed E-state index contributed by atoms with van der Waals surface area (Å²) in [6.45, 7) is 2.09. The van der Waals surface area contributed by atoms with E-state index in [0.29, 0.717) is 0 Å². The third-order valence-corrected chi connectivity index (χ3v) is 3.85. The maximum Gasteiger partial charge on any atom is 0.307 e. The zero-order valence-electron chi connectivity index (χ0n) is 10.6. The lowest BCUT2D eigenvalue weighted by Crippen LogP contribution is -1.98. The molecule has 1 aromatic heterocycles. The van der Waals surface area contributed by atoms with Gasteiger partial charge in [0.05, 0.1) is 17.0 Å². The summed E-state index contributed by atoms with van der Waals surface area (Å²) in [5, 5.41) is 8.96. The fourth-order valence-corrected chi connectivity index (χ4v) is 2.65. The van der Waals surface area contributed by atoms with Crippen LogP contribution in [0.15, 0.2) is 18.2 Å². The normalized spacial score (nSPS) is 22.3. The van der Waals surface area contributed by atoms with Gasteiger partial charge in [0.2, 0.25) is 0 Å². The molecule has 2 unspecified atom stereocenters. The van der Waals surface area contributed by atoms with Crippen LogP contribution >= 0.6 is 0 Å². The first-order chi connectivity index (χ1) is 8.61. The van der Waals surface area contributed by atoms with Gasteiger partial charge in [0.1, 0.15) is 5.82 Å². The molecule has 0 aliphatic heterocycles. The van der Waals surface area contributed by atoms with Gasteiger partial charge in [-0.25, -0.2) is 4.98 Å². The molecule has 3 rings (SSSR count). The molecule has 0 radical (unpaired) electrons. The molecule has 1 fully saturated rings. The van der Waals surface area contributed by atoms with Crippen LogP contribution in [0, 0.1) is 5.92 Å².